The van der Waals surface area contributed by atoms with Gasteiger partial charge in [-0.05, 0) is 19.8 Å². The molecule has 106 valence electrons. The van der Waals surface area contributed by atoms with E-state index in [9.17, 15) is 4.79 Å². The van der Waals surface area contributed by atoms with Gasteiger partial charge in [0.05, 0.1) is 5.75 Å². The van der Waals surface area contributed by atoms with E-state index in [2.05, 4.69) is 10.3 Å². The molecule has 0 radical (unpaired) electrons. The minimum absolute atomic E-state index is 0.156. The van der Waals surface area contributed by atoms with Crippen LogP contribution in [0.25, 0.3) is 0 Å². The lowest BCUT2D eigenvalue weighted by Crippen LogP contribution is -2.36. The van der Waals surface area contributed by atoms with E-state index in [-0.39, 0.29) is 5.91 Å². The zero-order valence-corrected chi connectivity index (χ0v) is 13.1. The number of carbonyl (C=O) groups is 1. The van der Waals surface area contributed by atoms with Gasteiger partial charge in [0.2, 0.25) is 5.91 Å². The van der Waals surface area contributed by atoms with Crippen molar-refractivity contribution < 1.29 is 4.79 Å². The highest BCUT2D eigenvalue weighted by molar-refractivity contribution is 8.01. The maximum Gasteiger partial charge on any atom is 0.230 e. The number of rotatable bonds is 4. The smallest absolute Gasteiger partial charge is 0.230 e. The summed E-state index contributed by atoms with van der Waals surface area (Å²) in [5, 5.41) is 5.20. The average Bonchev–Trinajstić information content (AvgIpc) is 2.76. The van der Waals surface area contributed by atoms with Crippen LogP contribution in [0, 0.1) is 6.92 Å². The predicted molar refractivity (Wildman–Crippen MR) is 81.8 cm³/mol. The fourth-order valence-corrected chi connectivity index (χ4v) is 4.06. The molecule has 0 saturated heterocycles. The van der Waals surface area contributed by atoms with Crippen LogP contribution in [0.15, 0.2) is 9.72 Å². The lowest BCUT2D eigenvalue weighted by molar-refractivity contribution is -0.119. The average molecular weight is 298 g/mol. The second-order valence-corrected chi connectivity index (χ2v) is 7.23. The zero-order valence-electron chi connectivity index (χ0n) is 11.5. The maximum atomic E-state index is 11.9. The maximum absolute atomic E-state index is 11.9. The van der Waals surface area contributed by atoms with Crippen molar-refractivity contribution in [3.8, 4) is 0 Å². The van der Waals surface area contributed by atoms with Crippen molar-refractivity contribution in [2.45, 2.75) is 62.3 Å². The second kappa shape index (κ2) is 7.90. The molecule has 1 N–H and O–H groups in total. The van der Waals surface area contributed by atoms with Gasteiger partial charge >= 0.3 is 0 Å². The molecule has 0 aliphatic heterocycles. The third-order valence-corrected chi connectivity index (χ3v) is 5.53. The van der Waals surface area contributed by atoms with Crippen molar-refractivity contribution in [1.82, 2.24) is 10.3 Å². The molecular formula is C14H22N2OS2. The Labute approximate surface area is 123 Å². The molecule has 3 nitrogen and oxygen atoms in total. The van der Waals surface area contributed by atoms with E-state index in [1.54, 1.807) is 23.1 Å². The third kappa shape index (κ3) is 5.53. The number of hydrogen-bond acceptors (Lipinski definition) is 4. The molecule has 1 aliphatic rings. The summed E-state index contributed by atoms with van der Waals surface area (Å²) in [6, 6.07) is 0.395. The SMILES string of the molecule is Cc1csc(SCC(=O)NC2CCCCCCC2)n1. The van der Waals surface area contributed by atoms with Crippen LogP contribution in [0.4, 0.5) is 0 Å². The van der Waals surface area contributed by atoms with Gasteiger partial charge in [0.15, 0.2) is 4.34 Å². The number of carbonyl (C=O) groups excluding carboxylic acids is 1. The number of amides is 1. The van der Waals surface area contributed by atoms with Gasteiger partial charge in [0.25, 0.3) is 0 Å². The summed E-state index contributed by atoms with van der Waals surface area (Å²) in [6.45, 7) is 1.98. The largest absolute Gasteiger partial charge is 0.353 e. The molecule has 1 heterocycles. The topological polar surface area (TPSA) is 42.0 Å². The second-order valence-electron chi connectivity index (χ2n) is 5.15. The lowest BCUT2D eigenvalue weighted by Gasteiger charge is -2.20. The van der Waals surface area contributed by atoms with Crippen LogP contribution in [0.3, 0.4) is 0 Å². The number of nitrogens with zero attached hydrogens (tertiary/aromatic N) is 1. The first-order chi connectivity index (χ1) is 9.24. The molecule has 0 atom stereocenters. The molecular weight excluding hydrogens is 276 g/mol. The van der Waals surface area contributed by atoms with Gasteiger partial charge < -0.3 is 5.32 Å². The van der Waals surface area contributed by atoms with E-state index in [1.807, 2.05) is 12.3 Å². The van der Waals surface area contributed by atoms with Crippen molar-refractivity contribution in [2.75, 3.05) is 5.75 Å². The molecule has 1 saturated carbocycles. The van der Waals surface area contributed by atoms with Gasteiger partial charge in [0, 0.05) is 17.1 Å². The van der Waals surface area contributed by atoms with Crippen molar-refractivity contribution in [2.24, 2.45) is 0 Å². The Hall–Kier alpha value is -0.550. The molecule has 1 aromatic heterocycles. The molecule has 0 bridgehead atoms. The summed E-state index contributed by atoms with van der Waals surface area (Å²) in [5.41, 5.74) is 1.04. The first-order valence-corrected chi connectivity index (χ1v) is 8.95. The number of aromatic nitrogens is 1. The van der Waals surface area contributed by atoms with E-state index in [0.29, 0.717) is 11.8 Å². The summed E-state index contributed by atoms with van der Waals surface area (Å²) >= 11 is 3.16. The van der Waals surface area contributed by atoms with Crippen LogP contribution in [-0.2, 0) is 4.79 Å². The summed E-state index contributed by atoms with van der Waals surface area (Å²) in [6.07, 6.45) is 8.80. The van der Waals surface area contributed by atoms with Crippen LogP contribution in [0.2, 0.25) is 0 Å². The molecule has 1 amide bonds. The Morgan fingerprint density at radius 3 is 2.68 bits per heavy atom. The highest BCUT2D eigenvalue weighted by atomic mass is 32.2. The van der Waals surface area contributed by atoms with Crippen LogP contribution < -0.4 is 5.32 Å². The van der Waals surface area contributed by atoms with Gasteiger partial charge in [0.1, 0.15) is 0 Å². The highest BCUT2D eigenvalue weighted by Gasteiger charge is 2.14. The van der Waals surface area contributed by atoms with Crippen LogP contribution in [-0.4, -0.2) is 22.7 Å². The Bertz CT molecular complexity index is 398. The molecule has 0 spiro atoms. The lowest BCUT2D eigenvalue weighted by atomic mass is 9.97. The number of thioether (sulfide) groups is 1. The normalized spacial score (nSPS) is 17.7. The van der Waals surface area contributed by atoms with Crippen LogP contribution in [0.5, 0.6) is 0 Å². The molecule has 0 unspecified atom stereocenters. The standard InChI is InChI=1S/C14H22N2OS2/c1-11-9-18-14(15-11)19-10-13(17)16-12-7-5-3-2-4-6-8-12/h9,12H,2-8,10H2,1H3,(H,16,17). The monoisotopic (exact) mass is 298 g/mol. The zero-order chi connectivity index (χ0) is 13.5. The van der Waals surface area contributed by atoms with Gasteiger partial charge in [-0.2, -0.15) is 0 Å². The Balaban J connectivity index is 1.70. The summed E-state index contributed by atoms with van der Waals surface area (Å²) < 4.78 is 0.991. The van der Waals surface area contributed by atoms with E-state index < -0.39 is 0 Å². The Morgan fingerprint density at radius 2 is 2.05 bits per heavy atom. The Morgan fingerprint density at radius 1 is 1.37 bits per heavy atom. The summed E-state index contributed by atoms with van der Waals surface area (Å²) in [5.74, 6) is 0.645. The third-order valence-electron chi connectivity index (χ3n) is 3.39. The van der Waals surface area contributed by atoms with E-state index in [4.69, 9.17) is 0 Å². The predicted octanol–water partition coefficient (Wildman–Crippen LogP) is 3.77. The molecule has 1 fully saturated rings. The van der Waals surface area contributed by atoms with Gasteiger partial charge in [-0.1, -0.05) is 43.9 Å². The van der Waals surface area contributed by atoms with E-state index >= 15 is 0 Å². The number of hydrogen-bond donors (Lipinski definition) is 1. The van der Waals surface area contributed by atoms with Crippen molar-refractivity contribution in [3.63, 3.8) is 0 Å². The first-order valence-electron chi connectivity index (χ1n) is 7.08. The number of nitrogens with one attached hydrogen (secondary N) is 1. The molecule has 5 heteroatoms. The van der Waals surface area contributed by atoms with Gasteiger partial charge in [-0.15, -0.1) is 11.3 Å². The van der Waals surface area contributed by atoms with Gasteiger partial charge in [-0.25, -0.2) is 4.98 Å². The van der Waals surface area contributed by atoms with Crippen molar-refractivity contribution >= 4 is 29.0 Å². The highest BCUT2D eigenvalue weighted by Crippen LogP contribution is 2.22. The minimum atomic E-state index is 0.156. The van der Waals surface area contributed by atoms with Crippen LogP contribution >= 0.6 is 23.1 Å². The Kier molecular flexibility index (Phi) is 6.17. The van der Waals surface area contributed by atoms with Crippen molar-refractivity contribution in [3.05, 3.63) is 11.1 Å². The quantitative estimate of drug-likeness (QED) is 0.860. The molecule has 0 aromatic carbocycles. The number of aryl methyl sites for hydroxylation is 1. The van der Waals surface area contributed by atoms with Crippen molar-refractivity contribution in [1.29, 1.82) is 0 Å². The first kappa shape index (κ1) is 14.9. The molecule has 1 aromatic rings. The number of thiazole rings is 1. The van der Waals surface area contributed by atoms with Gasteiger partial charge in [-0.3, -0.25) is 4.79 Å². The fourth-order valence-electron chi connectivity index (χ4n) is 2.40. The molecule has 19 heavy (non-hydrogen) atoms. The molecule has 1 aliphatic carbocycles. The fraction of sp³-hybridized carbons (Fsp3) is 0.714. The minimum Gasteiger partial charge on any atom is -0.353 e. The van der Waals surface area contributed by atoms with Crippen LogP contribution in [0.1, 0.15) is 50.6 Å². The van der Waals surface area contributed by atoms with E-state index in [0.717, 1.165) is 22.9 Å². The summed E-state index contributed by atoms with van der Waals surface area (Å²) in [7, 11) is 0. The van der Waals surface area contributed by atoms with E-state index in [1.165, 1.54) is 32.1 Å². The summed E-state index contributed by atoms with van der Waals surface area (Å²) in [4.78, 5) is 16.3. The molecule has 2 rings (SSSR count).